The van der Waals surface area contributed by atoms with Crippen LogP contribution < -0.4 is 5.32 Å². The molecule has 0 saturated heterocycles. The summed E-state index contributed by atoms with van der Waals surface area (Å²) in [5.74, 6) is 0. The first-order chi connectivity index (χ1) is 4.74. The standard InChI is InChI=1S/C8H10ClN.ClH/c1-6-5-7(10-2)3-4-8(6)9;/h3-5,10H,1-2H3;1H. The van der Waals surface area contributed by atoms with Crippen molar-refractivity contribution in [2.75, 3.05) is 12.4 Å². The van der Waals surface area contributed by atoms with Gasteiger partial charge in [0.05, 0.1) is 0 Å². The van der Waals surface area contributed by atoms with Gasteiger partial charge in [0, 0.05) is 17.8 Å². The Morgan fingerprint density at radius 1 is 1.36 bits per heavy atom. The van der Waals surface area contributed by atoms with E-state index in [9.17, 15) is 0 Å². The second-order valence-corrected chi connectivity index (χ2v) is 2.62. The molecule has 0 radical (unpaired) electrons. The summed E-state index contributed by atoms with van der Waals surface area (Å²) < 4.78 is 0. The molecule has 1 N–H and O–H groups in total. The van der Waals surface area contributed by atoms with Crippen LogP contribution in [-0.2, 0) is 0 Å². The zero-order valence-corrected chi connectivity index (χ0v) is 8.09. The molecule has 0 atom stereocenters. The van der Waals surface area contributed by atoms with E-state index in [1.807, 2.05) is 32.2 Å². The molecular weight excluding hydrogens is 181 g/mol. The highest BCUT2D eigenvalue weighted by Gasteiger charge is 1.93. The summed E-state index contributed by atoms with van der Waals surface area (Å²) in [6.07, 6.45) is 0. The Kier molecular flexibility index (Phi) is 4.31. The molecule has 0 aliphatic carbocycles. The summed E-state index contributed by atoms with van der Waals surface area (Å²) in [6.45, 7) is 1.99. The highest BCUT2D eigenvalue weighted by Crippen LogP contribution is 2.18. The average molecular weight is 192 g/mol. The zero-order chi connectivity index (χ0) is 7.56. The van der Waals surface area contributed by atoms with E-state index >= 15 is 0 Å². The van der Waals surface area contributed by atoms with Crippen molar-refractivity contribution in [1.29, 1.82) is 0 Å². The van der Waals surface area contributed by atoms with Crippen LogP contribution in [0, 0.1) is 6.92 Å². The molecule has 62 valence electrons. The van der Waals surface area contributed by atoms with Gasteiger partial charge in [0.25, 0.3) is 0 Å². The van der Waals surface area contributed by atoms with Gasteiger partial charge in [-0.2, -0.15) is 0 Å². The molecule has 3 heteroatoms. The van der Waals surface area contributed by atoms with Gasteiger partial charge in [0.1, 0.15) is 0 Å². The van der Waals surface area contributed by atoms with Crippen molar-refractivity contribution in [3.8, 4) is 0 Å². The summed E-state index contributed by atoms with van der Waals surface area (Å²) in [6, 6.07) is 5.86. The lowest BCUT2D eigenvalue weighted by Crippen LogP contribution is -1.87. The largest absolute Gasteiger partial charge is 0.388 e. The van der Waals surface area contributed by atoms with Crippen molar-refractivity contribution < 1.29 is 0 Å². The zero-order valence-electron chi connectivity index (χ0n) is 6.52. The van der Waals surface area contributed by atoms with E-state index in [1.165, 1.54) is 0 Å². The topological polar surface area (TPSA) is 12.0 Å². The van der Waals surface area contributed by atoms with Crippen molar-refractivity contribution in [1.82, 2.24) is 0 Å². The Morgan fingerprint density at radius 2 is 2.00 bits per heavy atom. The molecule has 0 unspecified atom stereocenters. The second-order valence-electron chi connectivity index (χ2n) is 2.21. The molecule has 1 aromatic rings. The number of halogens is 2. The van der Waals surface area contributed by atoms with Gasteiger partial charge >= 0.3 is 0 Å². The van der Waals surface area contributed by atoms with E-state index in [4.69, 9.17) is 11.6 Å². The predicted octanol–water partition coefficient (Wildman–Crippen LogP) is 3.11. The van der Waals surface area contributed by atoms with Gasteiger partial charge < -0.3 is 5.32 Å². The van der Waals surface area contributed by atoms with Gasteiger partial charge in [0.15, 0.2) is 0 Å². The van der Waals surface area contributed by atoms with Crippen LogP contribution in [0.4, 0.5) is 5.69 Å². The van der Waals surface area contributed by atoms with Crippen molar-refractivity contribution in [2.24, 2.45) is 0 Å². The van der Waals surface area contributed by atoms with Gasteiger partial charge in [-0.15, -0.1) is 12.4 Å². The van der Waals surface area contributed by atoms with Crippen LogP contribution >= 0.6 is 24.0 Å². The van der Waals surface area contributed by atoms with Crippen LogP contribution in [0.3, 0.4) is 0 Å². The summed E-state index contributed by atoms with van der Waals surface area (Å²) in [5, 5.41) is 3.85. The van der Waals surface area contributed by atoms with Gasteiger partial charge in [-0.25, -0.2) is 0 Å². The molecular formula is C8H11Cl2N. The molecule has 11 heavy (non-hydrogen) atoms. The van der Waals surface area contributed by atoms with Crippen LogP contribution in [0.1, 0.15) is 5.56 Å². The summed E-state index contributed by atoms with van der Waals surface area (Å²) in [7, 11) is 1.89. The van der Waals surface area contributed by atoms with E-state index in [0.717, 1.165) is 16.3 Å². The maximum atomic E-state index is 5.81. The van der Waals surface area contributed by atoms with E-state index in [-0.39, 0.29) is 12.4 Å². The quantitative estimate of drug-likeness (QED) is 0.720. The highest BCUT2D eigenvalue weighted by atomic mass is 35.5. The summed E-state index contributed by atoms with van der Waals surface area (Å²) in [5.41, 5.74) is 2.20. The number of nitrogens with one attached hydrogen (secondary N) is 1. The minimum atomic E-state index is 0. The number of anilines is 1. The first kappa shape index (κ1) is 10.6. The van der Waals surface area contributed by atoms with Crippen LogP contribution in [-0.4, -0.2) is 7.05 Å². The Morgan fingerprint density at radius 3 is 2.45 bits per heavy atom. The molecule has 0 saturated carbocycles. The molecule has 0 spiro atoms. The number of hydrogen-bond donors (Lipinski definition) is 1. The van der Waals surface area contributed by atoms with Crippen molar-refractivity contribution >= 4 is 29.7 Å². The molecule has 0 fully saturated rings. The number of rotatable bonds is 1. The van der Waals surface area contributed by atoms with Crippen LogP contribution in [0.2, 0.25) is 5.02 Å². The lowest BCUT2D eigenvalue weighted by atomic mass is 10.2. The fourth-order valence-electron chi connectivity index (χ4n) is 0.800. The van der Waals surface area contributed by atoms with E-state index in [1.54, 1.807) is 0 Å². The minimum Gasteiger partial charge on any atom is -0.388 e. The van der Waals surface area contributed by atoms with E-state index in [2.05, 4.69) is 5.32 Å². The Labute approximate surface area is 78.2 Å². The maximum Gasteiger partial charge on any atom is 0.0436 e. The monoisotopic (exact) mass is 191 g/mol. The smallest absolute Gasteiger partial charge is 0.0436 e. The molecule has 1 rings (SSSR count). The summed E-state index contributed by atoms with van der Waals surface area (Å²) >= 11 is 5.81. The van der Waals surface area contributed by atoms with E-state index < -0.39 is 0 Å². The molecule has 0 aromatic heterocycles. The Balaban J connectivity index is 0.000001000. The molecule has 0 aliphatic rings. The first-order valence-electron chi connectivity index (χ1n) is 3.18. The van der Waals surface area contributed by atoms with Crippen LogP contribution in [0.5, 0.6) is 0 Å². The minimum absolute atomic E-state index is 0. The van der Waals surface area contributed by atoms with Gasteiger partial charge in [-0.1, -0.05) is 11.6 Å². The van der Waals surface area contributed by atoms with Crippen LogP contribution in [0.25, 0.3) is 0 Å². The maximum absolute atomic E-state index is 5.81. The third-order valence-electron chi connectivity index (χ3n) is 1.45. The predicted molar refractivity (Wildman–Crippen MR) is 53.0 cm³/mol. The molecule has 0 aliphatic heterocycles. The van der Waals surface area contributed by atoms with Crippen molar-refractivity contribution in [3.63, 3.8) is 0 Å². The average Bonchev–Trinajstić information content (AvgIpc) is 1.95. The lowest BCUT2D eigenvalue weighted by molar-refractivity contribution is 1.43. The van der Waals surface area contributed by atoms with Gasteiger partial charge in [0.2, 0.25) is 0 Å². The molecule has 0 heterocycles. The molecule has 0 bridgehead atoms. The van der Waals surface area contributed by atoms with Gasteiger partial charge in [-0.05, 0) is 30.7 Å². The second kappa shape index (κ2) is 4.47. The number of hydrogen-bond acceptors (Lipinski definition) is 1. The fraction of sp³-hybridized carbons (Fsp3) is 0.250. The normalized spacial score (nSPS) is 8.64. The van der Waals surface area contributed by atoms with Gasteiger partial charge in [-0.3, -0.25) is 0 Å². The van der Waals surface area contributed by atoms with Crippen LogP contribution in [0.15, 0.2) is 18.2 Å². The third-order valence-corrected chi connectivity index (χ3v) is 1.87. The fourth-order valence-corrected chi connectivity index (χ4v) is 0.918. The van der Waals surface area contributed by atoms with Crippen molar-refractivity contribution in [3.05, 3.63) is 28.8 Å². The Hall–Kier alpha value is -0.400. The molecule has 0 amide bonds. The lowest BCUT2D eigenvalue weighted by Gasteiger charge is -2.01. The first-order valence-corrected chi connectivity index (χ1v) is 3.55. The summed E-state index contributed by atoms with van der Waals surface area (Å²) in [4.78, 5) is 0. The third kappa shape index (κ3) is 2.60. The number of benzene rings is 1. The molecule has 1 aromatic carbocycles. The van der Waals surface area contributed by atoms with Crippen molar-refractivity contribution in [2.45, 2.75) is 6.92 Å². The highest BCUT2D eigenvalue weighted by molar-refractivity contribution is 6.31. The number of aryl methyl sites for hydroxylation is 1. The molecule has 1 nitrogen and oxygen atoms in total. The Bertz CT molecular complexity index is 236. The SMILES string of the molecule is CNc1ccc(Cl)c(C)c1.Cl. The van der Waals surface area contributed by atoms with E-state index in [0.29, 0.717) is 0 Å².